The minimum absolute atomic E-state index is 1.31. The van der Waals surface area contributed by atoms with Gasteiger partial charge in [-0.2, -0.15) is 0 Å². The first-order valence-electron chi connectivity index (χ1n) is 12.6. The van der Waals surface area contributed by atoms with Gasteiger partial charge in [0, 0.05) is 0 Å². The standard InChI is InChI=1S/C19H14.C17H12/c1-13-12-19-16-8-3-2-6-14(16)10-11-18(19)17-9-5-4-7-15(13)17;1-11-5-6-14-8-7-12-3-2-4-13-9-10-15(11)17(14)16(12)13/h2-12H,1H3;2-10H,1H3. The summed E-state index contributed by atoms with van der Waals surface area (Å²) in [7, 11) is 0. The molecule has 36 heavy (non-hydrogen) atoms. The summed E-state index contributed by atoms with van der Waals surface area (Å²) in [6.07, 6.45) is 0. The molecule has 0 aliphatic heterocycles. The first kappa shape index (κ1) is 20.9. The first-order valence-corrected chi connectivity index (χ1v) is 12.6. The molecule has 0 N–H and O–H groups in total. The van der Waals surface area contributed by atoms with Gasteiger partial charge in [-0.3, -0.25) is 0 Å². The fraction of sp³-hybridized carbons (Fsp3) is 0.0556. The summed E-state index contributed by atoms with van der Waals surface area (Å²) >= 11 is 0. The molecule has 0 radical (unpaired) electrons. The zero-order chi connectivity index (χ0) is 24.2. The number of hydrogen-bond acceptors (Lipinski definition) is 0. The van der Waals surface area contributed by atoms with Crippen molar-refractivity contribution in [1.29, 1.82) is 0 Å². The van der Waals surface area contributed by atoms with E-state index >= 15 is 0 Å². The van der Waals surface area contributed by atoms with Gasteiger partial charge in [0.2, 0.25) is 0 Å². The Morgan fingerprint density at radius 3 is 1.64 bits per heavy atom. The Morgan fingerprint density at radius 2 is 0.833 bits per heavy atom. The van der Waals surface area contributed by atoms with Crippen LogP contribution in [0.4, 0.5) is 0 Å². The first-order chi connectivity index (χ1) is 17.7. The van der Waals surface area contributed by atoms with Crippen molar-refractivity contribution in [2.45, 2.75) is 13.8 Å². The SMILES string of the molecule is Cc1cc2c3ccccc3ccc2c2ccccc12.Cc1ccc2ccc3cccc4ccc1c2c34. The smallest absolute Gasteiger partial charge is 0.00241 e. The van der Waals surface area contributed by atoms with E-state index in [-0.39, 0.29) is 0 Å². The molecule has 0 saturated carbocycles. The van der Waals surface area contributed by atoms with E-state index in [1.165, 1.54) is 75.8 Å². The average Bonchev–Trinajstić information content (AvgIpc) is 2.93. The highest BCUT2D eigenvalue weighted by Crippen LogP contribution is 2.36. The van der Waals surface area contributed by atoms with E-state index in [4.69, 9.17) is 0 Å². The van der Waals surface area contributed by atoms with Crippen LogP contribution < -0.4 is 0 Å². The summed E-state index contributed by atoms with van der Waals surface area (Å²) in [4.78, 5) is 0. The topological polar surface area (TPSA) is 0 Å². The second kappa shape index (κ2) is 8.07. The van der Waals surface area contributed by atoms with E-state index in [1.54, 1.807) is 0 Å². The van der Waals surface area contributed by atoms with Gasteiger partial charge in [-0.15, -0.1) is 0 Å². The van der Waals surface area contributed by atoms with Gasteiger partial charge in [-0.05, 0) is 89.6 Å². The Hall–Kier alpha value is -4.42. The van der Waals surface area contributed by atoms with Crippen LogP contribution in [0, 0.1) is 13.8 Å². The number of benzene rings is 8. The number of hydrogen-bond donors (Lipinski definition) is 0. The lowest BCUT2D eigenvalue weighted by molar-refractivity contribution is 1.55. The molecule has 0 unspecified atom stereocenters. The van der Waals surface area contributed by atoms with Crippen LogP contribution in [0.5, 0.6) is 0 Å². The van der Waals surface area contributed by atoms with Gasteiger partial charge in [0.1, 0.15) is 0 Å². The molecule has 0 heteroatoms. The normalized spacial score (nSPS) is 11.6. The molecule has 170 valence electrons. The second-order valence-corrected chi connectivity index (χ2v) is 9.86. The van der Waals surface area contributed by atoms with Crippen molar-refractivity contribution >= 4 is 64.6 Å². The molecule has 8 aromatic carbocycles. The third-order valence-electron chi connectivity index (χ3n) is 7.72. The molecule has 0 aromatic heterocycles. The highest BCUT2D eigenvalue weighted by atomic mass is 14.1. The fourth-order valence-electron chi connectivity index (χ4n) is 5.92. The van der Waals surface area contributed by atoms with Crippen LogP contribution in [0.25, 0.3) is 64.6 Å². The maximum absolute atomic E-state index is 2.32. The van der Waals surface area contributed by atoms with Crippen molar-refractivity contribution in [2.75, 3.05) is 0 Å². The molecule has 0 bridgehead atoms. The largest absolute Gasteiger partial charge is 0.0616 e. The van der Waals surface area contributed by atoms with Crippen LogP contribution in [0.3, 0.4) is 0 Å². The number of fused-ring (bicyclic) bond motifs is 5. The van der Waals surface area contributed by atoms with Crippen molar-refractivity contribution < 1.29 is 0 Å². The Labute approximate surface area is 210 Å². The molecule has 0 heterocycles. The predicted molar refractivity (Wildman–Crippen MR) is 159 cm³/mol. The summed E-state index contributed by atoms with van der Waals surface area (Å²) in [5.74, 6) is 0. The fourth-order valence-corrected chi connectivity index (χ4v) is 5.92. The Kier molecular flexibility index (Phi) is 4.69. The molecule has 0 fully saturated rings. The zero-order valence-electron chi connectivity index (χ0n) is 20.5. The van der Waals surface area contributed by atoms with Gasteiger partial charge in [0.25, 0.3) is 0 Å². The number of rotatable bonds is 0. The molecule has 0 aliphatic carbocycles. The lowest BCUT2D eigenvalue weighted by Crippen LogP contribution is -1.85. The molecule has 0 saturated heterocycles. The molecule has 0 amide bonds. The van der Waals surface area contributed by atoms with Crippen molar-refractivity contribution in [2.24, 2.45) is 0 Å². The molecule has 0 aliphatic rings. The molecular weight excluding hydrogens is 432 g/mol. The lowest BCUT2D eigenvalue weighted by Gasteiger charge is -2.11. The summed E-state index contributed by atoms with van der Waals surface area (Å²) in [5, 5.41) is 16.3. The van der Waals surface area contributed by atoms with Crippen molar-refractivity contribution in [3.8, 4) is 0 Å². The van der Waals surface area contributed by atoms with Crippen LogP contribution in [-0.2, 0) is 0 Å². The molecule has 0 atom stereocenters. The summed E-state index contributed by atoms with van der Waals surface area (Å²) in [5.41, 5.74) is 2.70. The molecule has 0 nitrogen and oxygen atoms in total. The van der Waals surface area contributed by atoms with Crippen LogP contribution in [0.1, 0.15) is 11.1 Å². The van der Waals surface area contributed by atoms with Crippen molar-refractivity contribution in [1.82, 2.24) is 0 Å². The monoisotopic (exact) mass is 458 g/mol. The van der Waals surface area contributed by atoms with Gasteiger partial charge in [-0.1, -0.05) is 121 Å². The molecule has 8 aromatic rings. The quantitative estimate of drug-likeness (QED) is 0.198. The van der Waals surface area contributed by atoms with E-state index in [0.29, 0.717) is 0 Å². The minimum Gasteiger partial charge on any atom is -0.0616 e. The van der Waals surface area contributed by atoms with E-state index in [9.17, 15) is 0 Å². The lowest BCUT2D eigenvalue weighted by atomic mass is 9.92. The predicted octanol–water partition coefficient (Wildman–Crippen LogP) is 10.3. The van der Waals surface area contributed by atoms with Crippen molar-refractivity contribution in [3.63, 3.8) is 0 Å². The Balaban J connectivity index is 0.000000123. The van der Waals surface area contributed by atoms with Gasteiger partial charge in [0.05, 0.1) is 0 Å². The van der Waals surface area contributed by atoms with E-state index < -0.39 is 0 Å². The third kappa shape index (κ3) is 3.15. The van der Waals surface area contributed by atoms with Gasteiger partial charge < -0.3 is 0 Å². The highest BCUT2D eigenvalue weighted by molar-refractivity contribution is 6.23. The Bertz CT molecular complexity index is 2040. The maximum Gasteiger partial charge on any atom is -0.00241 e. The Morgan fingerprint density at radius 1 is 0.306 bits per heavy atom. The minimum atomic E-state index is 1.31. The number of aryl methyl sites for hydroxylation is 2. The third-order valence-corrected chi connectivity index (χ3v) is 7.72. The molecular formula is C36H26. The summed E-state index contributed by atoms with van der Waals surface area (Å²) in [6.45, 7) is 4.38. The van der Waals surface area contributed by atoms with Crippen LogP contribution in [0.2, 0.25) is 0 Å². The molecule has 0 spiro atoms. The zero-order valence-corrected chi connectivity index (χ0v) is 20.5. The van der Waals surface area contributed by atoms with Gasteiger partial charge in [-0.25, -0.2) is 0 Å². The summed E-state index contributed by atoms with van der Waals surface area (Å²) < 4.78 is 0. The highest BCUT2D eigenvalue weighted by Gasteiger charge is 2.08. The van der Waals surface area contributed by atoms with Crippen LogP contribution in [-0.4, -0.2) is 0 Å². The van der Waals surface area contributed by atoms with E-state index in [2.05, 4.69) is 135 Å². The van der Waals surface area contributed by atoms with Crippen molar-refractivity contribution in [3.05, 3.63) is 132 Å². The average molecular weight is 459 g/mol. The van der Waals surface area contributed by atoms with E-state index in [1.807, 2.05) is 0 Å². The second-order valence-electron chi connectivity index (χ2n) is 9.86. The van der Waals surface area contributed by atoms with E-state index in [0.717, 1.165) is 0 Å². The summed E-state index contributed by atoms with van der Waals surface area (Å²) in [6, 6.07) is 44.0. The molecule has 8 rings (SSSR count). The van der Waals surface area contributed by atoms with Gasteiger partial charge in [0.15, 0.2) is 0 Å². The maximum atomic E-state index is 2.32. The van der Waals surface area contributed by atoms with Crippen LogP contribution >= 0.6 is 0 Å². The van der Waals surface area contributed by atoms with Crippen LogP contribution in [0.15, 0.2) is 121 Å². The van der Waals surface area contributed by atoms with Gasteiger partial charge >= 0.3 is 0 Å².